The first kappa shape index (κ1) is 18.2. The van der Waals surface area contributed by atoms with Crippen molar-refractivity contribution in [2.75, 3.05) is 32.0 Å². The number of hydrogen-bond acceptors (Lipinski definition) is 4. The van der Waals surface area contributed by atoms with Crippen LogP contribution in [-0.4, -0.2) is 50.5 Å². The molecule has 3 unspecified atom stereocenters. The van der Waals surface area contributed by atoms with Crippen molar-refractivity contribution in [2.45, 2.75) is 37.4 Å². The lowest BCUT2D eigenvalue weighted by molar-refractivity contribution is -0.121. The fourth-order valence-corrected chi connectivity index (χ4v) is 2.93. The summed E-state index contributed by atoms with van der Waals surface area (Å²) in [5.74, 6) is -0.173. The van der Waals surface area contributed by atoms with Gasteiger partial charge in [0.2, 0.25) is 5.91 Å². The molecule has 1 amide bonds. The number of methoxy groups -OCH3 is 1. The molecule has 0 radical (unpaired) electrons. The van der Waals surface area contributed by atoms with Crippen molar-refractivity contribution in [3.05, 3.63) is 30.3 Å². The number of anilines is 1. The third-order valence-corrected chi connectivity index (χ3v) is 4.32. The molecular weight excluding hydrogens is 318 g/mol. The number of carbonyl (C=O) groups excluding carboxylic acids is 1. The molecule has 0 N–H and O–H groups in total. The Kier molecular flexibility index (Phi) is 7.30. The van der Waals surface area contributed by atoms with Crippen molar-refractivity contribution < 1.29 is 19.0 Å². The van der Waals surface area contributed by atoms with E-state index in [9.17, 15) is 4.79 Å². The Labute approximate surface area is 142 Å². The van der Waals surface area contributed by atoms with E-state index in [1.54, 1.807) is 12.0 Å². The summed E-state index contributed by atoms with van der Waals surface area (Å²) >= 11 is 6.42. The molecule has 0 aromatic heterocycles. The van der Waals surface area contributed by atoms with Crippen LogP contribution in [0.4, 0.5) is 5.69 Å². The van der Waals surface area contributed by atoms with Crippen LogP contribution in [0.2, 0.25) is 0 Å². The second-order valence-corrected chi connectivity index (χ2v) is 6.00. The Morgan fingerprint density at radius 3 is 2.74 bits per heavy atom. The first-order chi connectivity index (χ1) is 11.2. The molecule has 1 aliphatic heterocycles. The highest BCUT2D eigenvalue weighted by Crippen LogP contribution is 2.22. The van der Waals surface area contributed by atoms with Crippen molar-refractivity contribution >= 4 is 23.2 Å². The molecule has 23 heavy (non-hydrogen) atoms. The molecule has 1 heterocycles. The lowest BCUT2D eigenvalue weighted by Crippen LogP contribution is -2.46. The summed E-state index contributed by atoms with van der Waals surface area (Å²) in [6, 6.07) is 9.47. The average Bonchev–Trinajstić information content (AvgIpc) is 3.10. The third-order valence-electron chi connectivity index (χ3n) is 3.85. The fraction of sp³-hybridized carbons (Fsp3) is 0.588. The molecule has 1 aliphatic rings. The predicted molar refractivity (Wildman–Crippen MR) is 89.8 cm³/mol. The van der Waals surface area contributed by atoms with Gasteiger partial charge in [-0.15, -0.1) is 11.6 Å². The van der Waals surface area contributed by atoms with Crippen LogP contribution in [-0.2, 0) is 19.0 Å². The summed E-state index contributed by atoms with van der Waals surface area (Å²) in [6.07, 6.45) is 1.19. The van der Waals surface area contributed by atoms with Gasteiger partial charge in [-0.25, -0.2) is 0 Å². The fourth-order valence-electron chi connectivity index (χ4n) is 2.59. The number of para-hydroxylation sites is 1. The molecule has 0 saturated carbocycles. The van der Waals surface area contributed by atoms with Gasteiger partial charge in [-0.3, -0.25) is 4.79 Å². The lowest BCUT2D eigenvalue weighted by atomic mass is 10.1. The van der Waals surface area contributed by atoms with E-state index in [0.717, 1.165) is 18.5 Å². The van der Waals surface area contributed by atoms with Crippen LogP contribution in [0.25, 0.3) is 0 Å². The Morgan fingerprint density at radius 1 is 1.43 bits per heavy atom. The maximum Gasteiger partial charge on any atom is 0.247 e. The molecule has 3 atom stereocenters. The predicted octanol–water partition coefficient (Wildman–Crippen LogP) is 2.82. The average molecular weight is 342 g/mol. The van der Waals surface area contributed by atoms with Gasteiger partial charge in [0.1, 0.15) is 18.3 Å². The van der Waals surface area contributed by atoms with Gasteiger partial charge in [-0.05, 0) is 18.6 Å². The van der Waals surface area contributed by atoms with Gasteiger partial charge in [0.25, 0.3) is 0 Å². The van der Waals surface area contributed by atoms with E-state index in [1.807, 2.05) is 37.3 Å². The van der Waals surface area contributed by atoms with E-state index >= 15 is 0 Å². The minimum atomic E-state index is -0.734. The highest BCUT2D eigenvalue weighted by Gasteiger charge is 2.32. The second-order valence-electron chi connectivity index (χ2n) is 5.53. The Balaban J connectivity index is 2.16. The summed E-state index contributed by atoms with van der Waals surface area (Å²) in [5.41, 5.74) is 0.796. The maximum atomic E-state index is 12.9. The number of alkyl halides is 1. The zero-order valence-electron chi connectivity index (χ0n) is 13.6. The van der Waals surface area contributed by atoms with E-state index in [2.05, 4.69) is 0 Å². The minimum absolute atomic E-state index is 0.143. The third kappa shape index (κ3) is 4.91. The van der Waals surface area contributed by atoms with E-state index in [1.165, 1.54) is 0 Å². The van der Waals surface area contributed by atoms with Crippen molar-refractivity contribution in [3.8, 4) is 0 Å². The number of amides is 1. The topological polar surface area (TPSA) is 48.0 Å². The number of ether oxygens (including phenoxy) is 3. The normalized spacial score (nSPS) is 20.2. The van der Waals surface area contributed by atoms with Gasteiger partial charge in [0.15, 0.2) is 0 Å². The van der Waals surface area contributed by atoms with Crippen molar-refractivity contribution in [1.29, 1.82) is 0 Å². The Bertz CT molecular complexity index is 479. The van der Waals surface area contributed by atoms with Gasteiger partial charge < -0.3 is 19.1 Å². The maximum absolute atomic E-state index is 12.9. The molecule has 1 fully saturated rings. The number of rotatable bonds is 8. The van der Waals surface area contributed by atoms with Gasteiger partial charge in [-0.1, -0.05) is 31.5 Å². The molecular formula is C17H24ClNO4. The van der Waals surface area contributed by atoms with Gasteiger partial charge in [0.05, 0.1) is 19.3 Å². The minimum Gasteiger partial charge on any atom is -0.379 e. The van der Waals surface area contributed by atoms with Gasteiger partial charge >= 0.3 is 0 Å². The Hall–Kier alpha value is -1.14. The molecule has 0 spiro atoms. The summed E-state index contributed by atoms with van der Waals surface area (Å²) in [6.45, 7) is 3.20. The van der Waals surface area contributed by atoms with E-state index in [0.29, 0.717) is 13.2 Å². The van der Waals surface area contributed by atoms with Crippen molar-refractivity contribution in [2.24, 2.45) is 0 Å². The molecule has 5 nitrogen and oxygen atoms in total. The van der Waals surface area contributed by atoms with Gasteiger partial charge in [0, 0.05) is 12.8 Å². The van der Waals surface area contributed by atoms with Crippen LogP contribution in [0.5, 0.6) is 0 Å². The standard InChI is InChI=1S/C17H24ClNO4/c1-3-7-15(21-2)16(18)17(20)19(10-14-11-22-12-23-14)13-8-5-4-6-9-13/h4-6,8-9,14-16H,3,7,10-12H2,1-2H3. The molecule has 0 bridgehead atoms. The molecule has 1 aromatic carbocycles. The quantitative estimate of drug-likeness (QED) is 0.682. The number of halogens is 1. The summed E-state index contributed by atoms with van der Waals surface area (Å²) in [7, 11) is 1.59. The van der Waals surface area contributed by atoms with Crippen LogP contribution < -0.4 is 4.90 Å². The van der Waals surface area contributed by atoms with Crippen LogP contribution in [0.3, 0.4) is 0 Å². The molecule has 0 aliphatic carbocycles. The first-order valence-corrected chi connectivity index (χ1v) is 8.33. The zero-order chi connectivity index (χ0) is 16.7. The zero-order valence-corrected chi connectivity index (χ0v) is 14.4. The number of hydrogen-bond donors (Lipinski definition) is 0. The molecule has 1 aromatic rings. The Morgan fingerprint density at radius 2 is 2.17 bits per heavy atom. The summed E-state index contributed by atoms with van der Waals surface area (Å²) in [5, 5.41) is -0.734. The molecule has 2 rings (SSSR count). The molecule has 128 valence electrons. The van der Waals surface area contributed by atoms with Crippen LogP contribution in [0, 0.1) is 0 Å². The number of carbonyl (C=O) groups is 1. The summed E-state index contributed by atoms with van der Waals surface area (Å²) < 4.78 is 16.1. The molecule has 6 heteroatoms. The van der Waals surface area contributed by atoms with E-state index in [-0.39, 0.29) is 24.9 Å². The van der Waals surface area contributed by atoms with Crippen LogP contribution in [0.1, 0.15) is 19.8 Å². The van der Waals surface area contributed by atoms with E-state index < -0.39 is 5.38 Å². The molecule has 1 saturated heterocycles. The number of benzene rings is 1. The highest BCUT2D eigenvalue weighted by atomic mass is 35.5. The van der Waals surface area contributed by atoms with Gasteiger partial charge in [-0.2, -0.15) is 0 Å². The largest absolute Gasteiger partial charge is 0.379 e. The smallest absolute Gasteiger partial charge is 0.247 e. The van der Waals surface area contributed by atoms with Crippen LogP contribution >= 0.6 is 11.6 Å². The second kappa shape index (κ2) is 9.23. The number of nitrogens with zero attached hydrogens (tertiary/aromatic N) is 1. The highest BCUT2D eigenvalue weighted by molar-refractivity contribution is 6.33. The van der Waals surface area contributed by atoms with E-state index in [4.69, 9.17) is 25.8 Å². The van der Waals surface area contributed by atoms with Crippen molar-refractivity contribution in [3.63, 3.8) is 0 Å². The van der Waals surface area contributed by atoms with Crippen LogP contribution in [0.15, 0.2) is 30.3 Å². The monoisotopic (exact) mass is 341 g/mol. The van der Waals surface area contributed by atoms with Crippen molar-refractivity contribution in [1.82, 2.24) is 0 Å². The lowest BCUT2D eigenvalue weighted by Gasteiger charge is -2.29. The SMILES string of the molecule is CCCC(OC)C(Cl)C(=O)N(CC1COCO1)c1ccccc1. The summed E-state index contributed by atoms with van der Waals surface area (Å²) in [4.78, 5) is 14.6. The first-order valence-electron chi connectivity index (χ1n) is 7.90.